The Kier molecular flexibility index (Phi) is 4.25. The lowest BCUT2D eigenvalue weighted by Gasteiger charge is -2.09. The lowest BCUT2D eigenvalue weighted by atomic mass is 10.1. The monoisotopic (exact) mass is 287 g/mol. The third-order valence-electron chi connectivity index (χ3n) is 3.10. The molecule has 0 heterocycles. The maximum Gasteiger partial charge on any atom is 0.255 e. The Hall–Kier alpha value is -2.07. The molecule has 0 saturated carbocycles. The van der Waals surface area contributed by atoms with Crippen LogP contribution < -0.4 is 4.72 Å². The third-order valence-corrected chi connectivity index (χ3v) is 4.09. The highest BCUT2D eigenvalue weighted by atomic mass is 32.2. The summed E-state index contributed by atoms with van der Waals surface area (Å²) in [6, 6.07) is 14.9. The molecular weight excluding hydrogens is 270 g/mol. The highest BCUT2D eigenvalue weighted by molar-refractivity contribution is 7.95. The molecule has 0 unspecified atom stereocenters. The largest absolute Gasteiger partial charge is 0.280 e. The van der Waals surface area contributed by atoms with E-state index in [-0.39, 0.29) is 0 Å². The molecular formula is C16H17NO2S. The predicted molar refractivity (Wildman–Crippen MR) is 83.9 cm³/mol. The molecule has 0 spiro atoms. The van der Waals surface area contributed by atoms with Crippen molar-refractivity contribution in [1.82, 2.24) is 0 Å². The lowest BCUT2D eigenvalue weighted by Crippen LogP contribution is -2.10. The zero-order valence-electron chi connectivity index (χ0n) is 11.5. The van der Waals surface area contributed by atoms with Crippen LogP contribution in [0.2, 0.25) is 0 Å². The number of aryl methyl sites for hydroxylation is 1. The average molecular weight is 287 g/mol. The zero-order chi connectivity index (χ0) is 14.6. The average Bonchev–Trinajstić information content (AvgIpc) is 2.43. The van der Waals surface area contributed by atoms with Crippen LogP contribution in [-0.4, -0.2) is 8.42 Å². The van der Waals surface area contributed by atoms with Gasteiger partial charge in [-0.1, -0.05) is 42.5 Å². The highest BCUT2D eigenvalue weighted by Crippen LogP contribution is 2.19. The van der Waals surface area contributed by atoms with Crippen LogP contribution in [0.4, 0.5) is 5.69 Å². The van der Waals surface area contributed by atoms with E-state index in [0.29, 0.717) is 5.69 Å². The predicted octanol–water partition coefficient (Wildman–Crippen LogP) is 3.72. The molecule has 4 heteroatoms. The second-order valence-corrected chi connectivity index (χ2v) is 6.17. The fourth-order valence-corrected chi connectivity index (χ4v) is 2.71. The maximum absolute atomic E-state index is 12.0. The van der Waals surface area contributed by atoms with Crippen molar-refractivity contribution in [1.29, 1.82) is 0 Å². The van der Waals surface area contributed by atoms with Gasteiger partial charge in [-0.2, -0.15) is 0 Å². The summed E-state index contributed by atoms with van der Waals surface area (Å²) in [5.74, 6) is 0. The van der Waals surface area contributed by atoms with Crippen LogP contribution in [0.25, 0.3) is 6.08 Å². The smallest absolute Gasteiger partial charge is 0.255 e. The Morgan fingerprint density at radius 3 is 2.35 bits per heavy atom. The summed E-state index contributed by atoms with van der Waals surface area (Å²) in [4.78, 5) is 0. The van der Waals surface area contributed by atoms with E-state index in [4.69, 9.17) is 0 Å². The molecule has 104 valence electrons. The fourth-order valence-electron chi connectivity index (χ4n) is 1.78. The Bertz CT molecular complexity index is 719. The van der Waals surface area contributed by atoms with Crippen molar-refractivity contribution in [2.75, 3.05) is 4.72 Å². The number of hydrogen-bond acceptors (Lipinski definition) is 2. The Balaban J connectivity index is 2.20. The molecule has 2 aromatic rings. The normalized spacial score (nSPS) is 11.7. The van der Waals surface area contributed by atoms with Crippen LogP contribution in [0.3, 0.4) is 0 Å². The molecule has 20 heavy (non-hydrogen) atoms. The molecule has 0 aromatic heterocycles. The Morgan fingerprint density at radius 1 is 0.950 bits per heavy atom. The maximum atomic E-state index is 12.0. The van der Waals surface area contributed by atoms with Crippen molar-refractivity contribution in [2.24, 2.45) is 0 Å². The summed E-state index contributed by atoms with van der Waals surface area (Å²) in [7, 11) is -3.50. The van der Waals surface area contributed by atoms with E-state index >= 15 is 0 Å². The van der Waals surface area contributed by atoms with E-state index in [0.717, 1.165) is 16.7 Å². The van der Waals surface area contributed by atoms with E-state index in [2.05, 4.69) is 4.72 Å². The van der Waals surface area contributed by atoms with E-state index in [1.165, 1.54) is 5.41 Å². The molecule has 2 aromatic carbocycles. The molecule has 0 radical (unpaired) electrons. The third kappa shape index (κ3) is 3.71. The molecule has 0 aliphatic carbocycles. The van der Waals surface area contributed by atoms with Gasteiger partial charge in [-0.3, -0.25) is 4.72 Å². The number of hydrogen-bond donors (Lipinski definition) is 1. The lowest BCUT2D eigenvalue weighted by molar-refractivity contribution is 0.609. The number of nitrogens with one attached hydrogen (secondary N) is 1. The summed E-state index contributed by atoms with van der Waals surface area (Å²) < 4.78 is 26.7. The van der Waals surface area contributed by atoms with Crippen LogP contribution in [0.15, 0.2) is 53.9 Å². The van der Waals surface area contributed by atoms with Gasteiger partial charge in [0.2, 0.25) is 0 Å². The zero-order valence-corrected chi connectivity index (χ0v) is 12.3. The summed E-state index contributed by atoms with van der Waals surface area (Å²) in [5, 5.41) is 1.18. The minimum atomic E-state index is -3.50. The summed E-state index contributed by atoms with van der Waals surface area (Å²) in [6.07, 6.45) is 1.58. The van der Waals surface area contributed by atoms with Crippen LogP contribution in [-0.2, 0) is 10.0 Å². The van der Waals surface area contributed by atoms with Gasteiger partial charge in [0.15, 0.2) is 0 Å². The molecule has 0 saturated heterocycles. The fraction of sp³-hybridized carbons (Fsp3) is 0.125. The topological polar surface area (TPSA) is 46.2 Å². The van der Waals surface area contributed by atoms with Gasteiger partial charge in [0.25, 0.3) is 10.0 Å². The molecule has 2 rings (SSSR count). The first-order valence-electron chi connectivity index (χ1n) is 6.30. The second kappa shape index (κ2) is 5.92. The van der Waals surface area contributed by atoms with Crippen LogP contribution >= 0.6 is 0 Å². The summed E-state index contributed by atoms with van der Waals surface area (Å²) in [5.41, 5.74) is 3.45. The van der Waals surface area contributed by atoms with Gasteiger partial charge in [-0.05, 0) is 42.7 Å². The molecule has 0 amide bonds. The van der Waals surface area contributed by atoms with E-state index in [1.807, 2.05) is 56.3 Å². The van der Waals surface area contributed by atoms with Gasteiger partial charge < -0.3 is 0 Å². The minimum absolute atomic E-state index is 0.614. The van der Waals surface area contributed by atoms with Crippen molar-refractivity contribution in [3.63, 3.8) is 0 Å². The summed E-state index contributed by atoms with van der Waals surface area (Å²) in [6.45, 7) is 3.85. The molecule has 0 aliphatic rings. The van der Waals surface area contributed by atoms with Gasteiger partial charge >= 0.3 is 0 Å². The first kappa shape index (κ1) is 14.3. The van der Waals surface area contributed by atoms with Crippen molar-refractivity contribution in [3.05, 3.63) is 70.6 Å². The molecule has 0 atom stereocenters. The quantitative estimate of drug-likeness (QED) is 0.931. The number of anilines is 1. The van der Waals surface area contributed by atoms with Gasteiger partial charge in [0, 0.05) is 0 Å². The van der Waals surface area contributed by atoms with Crippen molar-refractivity contribution in [3.8, 4) is 0 Å². The molecule has 0 fully saturated rings. The second-order valence-electron chi connectivity index (χ2n) is 4.61. The Morgan fingerprint density at radius 2 is 1.65 bits per heavy atom. The van der Waals surface area contributed by atoms with Crippen LogP contribution in [0.5, 0.6) is 0 Å². The first-order chi connectivity index (χ1) is 9.48. The van der Waals surface area contributed by atoms with E-state index in [1.54, 1.807) is 12.1 Å². The molecule has 3 nitrogen and oxygen atoms in total. The van der Waals surface area contributed by atoms with Crippen molar-refractivity contribution in [2.45, 2.75) is 13.8 Å². The molecule has 1 N–H and O–H groups in total. The van der Waals surface area contributed by atoms with Crippen molar-refractivity contribution >= 4 is 21.8 Å². The van der Waals surface area contributed by atoms with Crippen LogP contribution in [0.1, 0.15) is 16.7 Å². The summed E-state index contributed by atoms with van der Waals surface area (Å²) >= 11 is 0. The Labute approximate surface area is 120 Å². The van der Waals surface area contributed by atoms with Crippen molar-refractivity contribution < 1.29 is 8.42 Å². The van der Waals surface area contributed by atoms with Gasteiger partial charge in [-0.15, -0.1) is 0 Å². The minimum Gasteiger partial charge on any atom is -0.280 e. The standard InChI is InChI=1S/C16H17NO2S/c1-13-7-6-10-16(14(13)2)17-20(18,19)12-11-15-8-4-3-5-9-15/h3-12,17H,1-2H3/b12-11+. The SMILES string of the molecule is Cc1cccc(NS(=O)(=O)/C=C/c2ccccc2)c1C. The van der Waals surface area contributed by atoms with E-state index in [9.17, 15) is 8.42 Å². The first-order valence-corrected chi connectivity index (χ1v) is 7.85. The van der Waals surface area contributed by atoms with E-state index < -0.39 is 10.0 Å². The number of benzene rings is 2. The van der Waals surface area contributed by atoms with Crippen LogP contribution in [0, 0.1) is 13.8 Å². The number of sulfonamides is 1. The van der Waals surface area contributed by atoms with Gasteiger partial charge in [0.1, 0.15) is 0 Å². The highest BCUT2D eigenvalue weighted by Gasteiger charge is 2.08. The number of rotatable bonds is 4. The van der Waals surface area contributed by atoms with Gasteiger partial charge in [0.05, 0.1) is 11.1 Å². The van der Waals surface area contributed by atoms with Gasteiger partial charge in [-0.25, -0.2) is 8.42 Å². The molecule has 0 aliphatic heterocycles. The molecule has 0 bridgehead atoms.